The Morgan fingerprint density at radius 3 is 2.58 bits per heavy atom. The number of hydrogen-bond donors (Lipinski definition) is 1. The zero-order valence-electron chi connectivity index (χ0n) is 17.9. The van der Waals surface area contributed by atoms with Gasteiger partial charge >= 0.3 is 12.6 Å². The van der Waals surface area contributed by atoms with E-state index in [-0.39, 0.29) is 34.9 Å². The number of hydrogen-bond acceptors (Lipinski definition) is 8. The van der Waals surface area contributed by atoms with Gasteiger partial charge in [0.15, 0.2) is 11.5 Å². The molecule has 0 atom stereocenters. The first-order valence-electron chi connectivity index (χ1n) is 9.51. The zero-order chi connectivity index (χ0) is 24.0. The number of nitrogens with one attached hydrogen (secondary N) is 1. The summed E-state index contributed by atoms with van der Waals surface area (Å²) >= 11 is 1.50. The maximum Gasteiger partial charge on any atom is 0.387 e. The molecule has 2 aromatic carbocycles. The van der Waals surface area contributed by atoms with Crippen LogP contribution in [0.3, 0.4) is 0 Å². The van der Waals surface area contributed by atoms with Gasteiger partial charge in [-0.1, -0.05) is 6.07 Å². The number of esters is 1. The molecule has 11 heteroatoms. The lowest BCUT2D eigenvalue weighted by Crippen LogP contribution is -2.16. The standard InChI is InChI=1S/C22H20F2N2O6S/c1-12-25-14(11-33-12)10-31-15-6-4-5-13(7-15)20(27)26-17-9-19(32-22(23)24)18(29-2)8-16(17)21(28)30-3/h4-9,11,22H,10H2,1-3H3,(H,26,27). The fraction of sp³-hybridized carbons (Fsp3) is 0.227. The molecule has 1 heterocycles. The Balaban J connectivity index is 1.84. The van der Waals surface area contributed by atoms with Crippen molar-refractivity contribution in [2.75, 3.05) is 19.5 Å². The summed E-state index contributed by atoms with van der Waals surface area (Å²) in [5.41, 5.74) is 0.785. The van der Waals surface area contributed by atoms with Crippen LogP contribution in [0.1, 0.15) is 31.4 Å². The highest BCUT2D eigenvalue weighted by Gasteiger charge is 2.21. The first kappa shape index (κ1) is 23.9. The van der Waals surface area contributed by atoms with Gasteiger partial charge in [-0.05, 0) is 25.1 Å². The van der Waals surface area contributed by atoms with Gasteiger partial charge in [0.2, 0.25) is 0 Å². The van der Waals surface area contributed by atoms with E-state index >= 15 is 0 Å². The molecule has 33 heavy (non-hydrogen) atoms. The number of carbonyl (C=O) groups excluding carboxylic acids is 2. The maximum atomic E-state index is 12.8. The van der Waals surface area contributed by atoms with Gasteiger partial charge in [-0.2, -0.15) is 8.78 Å². The molecule has 1 N–H and O–H groups in total. The Hall–Kier alpha value is -3.73. The van der Waals surface area contributed by atoms with Crippen molar-refractivity contribution in [3.8, 4) is 17.2 Å². The van der Waals surface area contributed by atoms with Crippen LogP contribution in [0.25, 0.3) is 0 Å². The molecule has 0 unspecified atom stereocenters. The minimum atomic E-state index is -3.14. The quantitative estimate of drug-likeness (QED) is 0.446. The molecule has 3 aromatic rings. The first-order chi connectivity index (χ1) is 15.8. The Morgan fingerprint density at radius 1 is 1.15 bits per heavy atom. The highest BCUT2D eigenvalue weighted by molar-refractivity contribution is 7.09. The number of rotatable bonds is 9. The zero-order valence-corrected chi connectivity index (χ0v) is 18.7. The number of carbonyl (C=O) groups is 2. The number of halogens is 2. The summed E-state index contributed by atoms with van der Waals surface area (Å²) in [5.74, 6) is -1.46. The van der Waals surface area contributed by atoms with E-state index in [1.807, 2.05) is 12.3 Å². The molecule has 0 bridgehead atoms. The van der Waals surface area contributed by atoms with E-state index < -0.39 is 18.5 Å². The topological polar surface area (TPSA) is 96.0 Å². The molecule has 0 saturated heterocycles. The molecule has 1 amide bonds. The van der Waals surface area contributed by atoms with Gasteiger partial charge in [0.05, 0.1) is 36.2 Å². The van der Waals surface area contributed by atoms with Gasteiger partial charge in [-0.3, -0.25) is 4.79 Å². The number of nitrogens with zero attached hydrogens (tertiary/aromatic N) is 1. The second-order valence-corrected chi connectivity index (χ2v) is 7.61. The van der Waals surface area contributed by atoms with Crippen molar-refractivity contribution >= 4 is 28.9 Å². The molecule has 0 radical (unpaired) electrons. The number of thiazole rings is 1. The second-order valence-electron chi connectivity index (χ2n) is 6.55. The molecule has 0 aliphatic carbocycles. The van der Waals surface area contributed by atoms with Crippen LogP contribution in [0.4, 0.5) is 14.5 Å². The van der Waals surface area contributed by atoms with Gasteiger partial charge < -0.3 is 24.3 Å². The molecule has 0 aliphatic heterocycles. The third-order valence-electron chi connectivity index (χ3n) is 4.32. The van der Waals surface area contributed by atoms with Crippen molar-refractivity contribution < 1.29 is 37.3 Å². The molecule has 0 fully saturated rings. The SMILES string of the molecule is COC(=O)c1cc(OC)c(OC(F)F)cc1NC(=O)c1cccc(OCc2csc(C)n2)c1. The summed E-state index contributed by atoms with van der Waals surface area (Å²) in [7, 11) is 2.38. The molecular formula is C22H20F2N2O6S. The van der Waals surface area contributed by atoms with Crippen LogP contribution in [-0.2, 0) is 11.3 Å². The summed E-state index contributed by atoms with van der Waals surface area (Å²) in [6.07, 6.45) is 0. The molecule has 174 valence electrons. The molecule has 0 spiro atoms. The van der Waals surface area contributed by atoms with Crippen molar-refractivity contribution in [2.45, 2.75) is 20.1 Å². The first-order valence-corrected chi connectivity index (χ1v) is 10.4. The average Bonchev–Trinajstić information content (AvgIpc) is 3.22. The predicted molar refractivity (Wildman–Crippen MR) is 117 cm³/mol. The largest absolute Gasteiger partial charge is 0.493 e. The Bertz CT molecular complexity index is 1150. The number of ether oxygens (including phenoxy) is 4. The molecule has 8 nitrogen and oxygen atoms in total. The number of anilines is 1. The lowest BCUT2D eigenvalue weighted by atomic mass is 10.1. The average molecular weight is 478 g/mol. The number of benzene rings is 2. The van der Waals surface area contributed by atoms with Crippen molar-refractivity contribution in [1.82, 2.24) is 4.98 Å². The number of amides is 1. The molecule has 3 rings (SSSR count). The van der Waals surface area contributed by atoms with Gasteiger partial charge in [-0.15, -0.1) is 11.3 Å². The minimum absolute atomic E-state index is 0.0902. The third kappa shape index (κ3) is 6.16. The third-order valence-corrected chi connectivity index (χ3v) is 5.15. The Kier molecular flexibility index (Phi) is 7.78. The van der Waals surface area contributed by atoms with Crippen LogP contribution in [0.5, 0.6) is 17.2 Å². The van der Waals surface area contributed by atoms with Crippen LogP contribution in [0.2, 0.25) is 0 Å². The van der Waals surface area contributed by atoms with E-state index in [4.69, 9.17) is 14.2 Å². The Labute approximate surface area is 192 Å². The van der Waals surface area contributed by atoms with Crippen LogP contribution >= 0.6 is 11.3 Å². The van der Waals surface area contributed by atoms with E-state index in [0.717, 1.165) is 29.9 Å². The smallest absolute Gasteiger partial charge is 0.387 e. The highest BCUT2D eigenvalue weighted by atomic mass is 32.1. The molecule has 0 saturated carbocycles. The summed E-state index contributed by atoms with van der Waals surface area (Å²) in [5, 5.41) is 5.32. The van der Waals surface area contributed by atoms with Crippen LogP contribution in [0, 0.1) is 6.92 Å². The van der Waals surface area contributed by atoms with E-state index in [1.165, 1.54) is 30.6 Å². The van der Waals surface area contributed by atoms with Gasteiger partial charge in [-0.25, -0.2) is 9.78 Å². The normalized spacial score (nSPS) is 10.6. The number of methoxy groups -OCH3 is 2. The number of aromatic nitrogens is 1. The highest BCUT2D eigenvalue weighted by Crippen LogP contribution is 2.35. The van der Waals surface area contributed by atoms with Gasteiger partial charge in [0.25, 0.3) is 5.91 Å². The molecule has 0 aliphatic rings. The van der Waals surface area contributed by atoms with Gasteiger partial charge in [0.1, 0.15) is 12.4 Å². The van der Waals surface area contributed by atoms with Gasteiger partial charge in [0, 0.05) is 23.1 Å². The second kappa shape index (κ2) is 10.7. The monoisotopic (exact) mass is 478 g/mol. The van der Waals surface area contributed by atoms with Crippen LogP contribution in [-0.4, -0.2) is 37.7 Å². The van der Waals surface area contributed by atoms with E-state index in [2.05, 4.69) is 15.0 Å². The van der Waals surface area contributed by atoms with Crippen molar-refractivity contribution in [3.63, 3.8) is 0 Å². The van der Waals surface area contributed by atoms with Crippen molar-refractivity contribution in [2.24, 2.45) is 0 Å². The lowest BCUT2D eigenvalue weighted by molar-refractivity contribution is -0.0511. The summed E-state index contributed by atoms with van der Waals surface area (Å²) in [4.78, 5) is 29.3. The summed E-state index contributed by atoms with van der Waals surface area (Å²) in [6, 6.07) is 8.56. The molecular weight excluding hydrogens is 458 g/mol. The van der Waals surface area contributed by atoms with Crippen LogP contribution < -0.4 is 19.5 Å². The number of aryl methyl sites for hydroxylation is 1. The summed E-state index contributed by atoms with van der Waals surface area (Å²) < 4.78 is 45.4. The van der Waals surface area contributed by atoms with E-state index in [1.54, 1.807) is 12.1 Å². The fourth-order valence-corrected chi connectivity index (χ4v) is 3.44. The van der Waals surface area contributed by atoms with E-state index in [9.17, 15) is 18.4 Å². The van der Waals surface area contributed by atoms with Crippen LogP contribution in [0.15, 0.2) is 41.8 Å². The Morgan fingerprint density at radius 2 is 1.94 bits per heavy atom. The predicted octanol–water partition coefficient (Wildman–Crippen LogP) is 4.68. The maximum absolute atomic E-state index is 12.8. The fourth-order valence-electron chi connectivity index (χ4n) is 2.84. The summed E-state index contributed by atoms with van der Waals surface area (Å²) in [6.45, 7) is -1.02. The number of alkyl halides is 2. The minimum Gasteiger partial charge on any atom is -0.493 e. The molecule has 1 aromatic heterocycles. The van der Waals surface area contributed by atoms with E-state index in [0.29, 0.717) is 5.75 Å². The lowest BCUT2D eigenvalue weighted by Gasteiger charge is -2.16. The van der Waals surface area contributed by atoms with Crippen molar-refractivity contribution in [3.05, 3.63) is 63.6 Å². The van der Waals surface area contributed by atoms with Crippen molar-refractivity contribution in [1.29, 1.82) is 0 Å².